The Morgan fingerprint density at radius 2 is 1.86 bits per heavy atom. The number of anilines is 1. The normalized spacial score (nSPS) is 12.6. The number of carbonyl (C=O) groups is 2. The van der Waals surface area contributed by atoms with Gasteiger partial charge in [0, 0.05) is 29.8 Å². The van der Waals surface area contributed by atoms with Crippen molar-refractivity contribution >= 4 is 28.5 Å². The van der Waals surface area contributed by atoms with Gasteiger partial charge in [0.2, 0.25) is 5.76 Å². The number of para-hydroxylation sites is 1. The number of carbonyl (C=O) groups excluding carboxylic acids is 2. The maximum Gasteiger partial charge on any atom is 0.375 e. The number of hydrogen-bond donors (Lipinski definition) is 1. The van der Waals surface area contributed by atoms with Gasteiger partial charge in [0.15, 0.2) is 18.1 Å². The van der Waals surface area contributed by atoms with Gasteiger partial charge in [-0.15, -0.1) is 0 Å². The molecule has 8 nitrogen and oxygen atoms in total. The number of amides is 1. The highest BCUT2D eigenvalue weighted by molar-refractivity contribution is 5.98. The zero-order chi connectivity index (χ0) is 20.2. The molecule has 2 heterocycles. The lowest BCUT2D eigenvalue weighted by molar-refractivity contribution is -0.119. The van der Waals surface area contributed by atoms with Gasteiger partial charge in [-0.3, -0.25) is 4.79 Å². The predicted octanol–water partition coefficient (Wildman–Crippen LogP) is 3.15. The number of benzene rings is 2. The molecule has 0 fully saturated rings. The first kappa shape index (κ1) is 18.8. The minimum atomic E-state index is -0.731. The van der Waals surface area contributed by atoms with E-state index in [0.29, 0.717) is 41.5 Å². The van der Waals surface area contributed by atoms with Crippen molar-refractivity contribution in [3.8, 4) is 11.5 Å². The van der Waals surface area contributed by atoms with Crippen LogP contribution in [0.1, 0.15) is 16.1 Å². The Bertz CT molecular complexity index is 1060. The number of ether oxygens (including phenoxy) is 4. The lowest BCUT2D eigenvalue weighted by Crippen LogP contribution is -2.21. The Hall–Kier alpha value is -3.52. The van der Waals surface area contributed by atoms with E-state index in [4.69, 9.17) is 23.4 Å². The summed E-state index contributed by atoms with van der Waals surface area (Å²) < 4.78 is 26.8. The second kappa shape index (κ2) is 8.24. The summed E-state index contributed by atoms with van der Waals surface area (Å²) in [5, 5.41) is 3.42. The van der Waals surface area contributed by atoms with E-state index >= 15 is 0 Å². The number of hydrogen-bond acceptors (Lipinski definition) is 7. The highest BCUT2D eigenvalue weighted by atomic mass is 16.6. The smallest absolute Gasteiger partial charge is 0.375 e. The van der Waals surface area contributed by atoms with Gasteiger partial charge in [0.25, 0.3) is 5.91 Å². The van der Waals surface area contributed by atoms with Gasteiger partial charge in [-0.1, -0.05) is 18.2 Å². The zero-order valence-corrected chi connectivity index (χ0v) is 15.7. The van der Waals surface area contributed by atoms with Gasteiger partial charge in [-0.2, -0.15) is 0 Å². The number of nitrogens with one attached hydrogen (secondary N) is 1. The zero-order valence-electron chi connectivity index (χ0n) is 15.7. The first-order chi connectivity index (χ1) is 14.2. The summed E-state index contributed by atoms with van der Waals surface area (Å²) in [5.74, 6) is -0.0149. The third kappa shape index (κ3) is 4.02. The van der Waals surface area contributed by atoms with Crippen LogP contribution in [-0.2, 0) is 20.9 Å². The molecule has 0 saturated heterocycles. The van der Waals surface area contributed by atoms with Gasteiger partial charge < -0.3 is 28.7 Å². The maximum absolute atomic E-state index is 12.5. The largest absolute Gasteiger partial charge is 0.486 e. The fourth-order valence-corrected chi connectivity index (χ4v) is 3.07. The lowest BCUT2D eigenvalue weighted by Gasteiger charge is -2.19. The van der Waals surface area contributed by atoms with Crippen molar-refractivity contribution in [1.82, 2.24) is 0 Å². The van der Waals surface area contributed by atoms with Crippen LogP contribution in [0.15, 0.2) is 46.9 Å². The van der Waals surface area contributed by atoms with E-state index in [0.717, 1.165) is 5.39 Å². The molecule has 1 aliphatic rings. The first-order valence-electron chi connectivity index (χ1n) is 9.01. The average molecular weight is 397 g/mol. The number of rotatable bonds is 6. The van der Waals surface area contributed by atoms with Crippen LogP contribution in [0.25, 0.3) is 11.0 Å². The van der Waals surface area contributed by atoms with Crippen molar-refractivity contribution in [3.63, 3.8) is 0 Å². The molecule has 3 aromatic rings. The van der Waals surface area contributed by atoms with Gasteiger partial charge in [-0.05, 0) is 18.2 Å². The predicted molar refractivity (Wildman–Crippen MR) is 103 cm³/mol. The Kier molecular flexibility index (Phi) is 5.35. The lowest BCUT2D eigenvalue weighted by atomic mass is 10.1. The fourth-order valence-electron chi connectivity index (χ4n) is 3.07. The summed E-state index contributed by atoms with van der Waals surface area (Å²) in [6.07, 6.45) is 0. The highest BCUT2D eigenvalue weighted by Gasteiger charge is 2.22. The van der Waals surface area contributed by atoms with Gasteiger partial charge >= 0.3 is 5.97 Å². The van der Waals surface area contributed by atoms with E-state index in [1.54, 1.807) is 30.3 Å². The van der Waals surface area contributed by atoms with Crippen molar-refractivity contribution in [2.45, 2.75) is 6.61 Å². The van der Waals surface area contributed by atoms with E-state index in [1.807, 2.05) is 12.1 Å². The molecule has 150 valence electrons. The van der Waals surface area contributed by atoms with Crippen LogP contribution < -0.4 is 14.8 Å². The summed E-state index contributed by atoms with van der Waals surface area (Å²) in [5.41, 5.74) is 1.65. The van der Waals surface area contributed by atoms with Crippen LogP contribution in [0.5, 0.6) is 11.5 Å². The number of methoxy groups -OCH3 is 1. The number of furan rings is 1. The monoisotopic (exact) mass is 397 g/mol. The van der Waals surface area contributed by atoms with Gasteiger partial charge in [0.1, 0.15) is 18.8 Å². The third-order valence-electron chi connectivity index (χ3n) is 4.33. The Labute approximate surface area is 166 Å². The Morgan fingerprint density at radius 1 is 1.07 bits per heavy atom. The molecule has 2 aromatic carbocycles. The van der Waals surface area contributed by atoms with Crippen molar-refractivity contribution in [2.24, 2.45) is 0 Å². The minimum absolute atomic E-state index is 0.0279. The van der Waals surface area contributed by atoms with Crippen LogP contribution in [0.3, 0.4) is 0 Å². The SMILES string of the molecule is COCc1c(C(=O)OCC(=O)Nc2ccc3c(c2)OCCO3)oc2ccccc12. The average Bonchev–Trinajstić information content (AvgIpc) is 3.11. The summed E-state index contributed by atoms with van der Waals surface area (Å²) in [7, 11) is 1.53. The molecule has 0 saturated carbocycles. The fraction of sp³-hybridized carbons (Fsp3) is 0.238. The van der Waals surface area contributed by atoms with E-state index < -0.39 is 18.5 Å². The molecule has 0 radical (unpaired) electrons. The molecule has 1 aliphatic heterocycles. The van der Waals surface area contributed by atoms with Crippen LogP contribution in [0.2, 0.25) is 0 Å². The number of fused-ring (bicyclic) bond motifs is 2. The summed E-state index contributed by atoms with van der Waals surface area (Å²) in [4.78, 5) is 24.7. The van der Waals surface area contributed by atoms with Crippen LogP contribution >= 0.6 is 0 Å². The molecule has 4 rings (SSSR count). The van der Waals surface area contributed by atoms with Crippen molar-refractivity contribution in [3.05, 3.63) is 53.8 Å². The molecule has 1 N–H and O–H groups in total. The highest BCUT2D eigenvalue weighted by Crippen LogP contribution is 2.32. The summed E-state index contributed by atoms with van der Waals surface area (Å²) in [6.45, 7) is 0.659. The second-order valence-electron chi connectivity index (χ2n) is 6.32. The Morgan fingerprint density at radius 3 is 2.69 bits per heavy atom. The van der Waals surface area contributed by atoms with Crippen LogP contribution in [-0.4, -0.2) is 38.8 Å². The molecular weight excluding hydrogens is 378 g/mol. The van der Waals surface area contributed by atoms with E-state index in [2.05, 4.69) is 5.32 Å². The molecule has 0 atom stereocenters. The minimum Gasteiger partial charge on any atom is -0.486 e. The molecular formula is C21H19NO7. The molecule has 0 unspecified atom stereocenters. The topological polar surface area (TPSA) is 96.2 Å². The van der Waals surface area contributed by atoms with Crippen molar-refractivity contribution in [2.75, 3.05) is 32.2 Å². The second-order valence-corrected chi connectivity index (χ2v) is 6.32. The van der Waals surface area contributed by atoms with Crippen LogP contribution in [0.4, 0.5) is 5.69 Å². The van der Waals surface area contributed by atoms with Crippen molar-refractivity contribution in [1.29, 1.82) is 0 Å². The maximum atomic E-state index is 12.5. The first-order valence-corrected chi connectivity index (χ1v) is 9.01. The Balaban J connectivity index is 1.41. The van der Waals surface area contributed by atoms with E-state index in [1.165, 1.54) is 7.11 Å². The summed E-state index contributed by atoms with van der Waals surface area (Å²) >= 11 is 0. The molecule has 8 heteroatoms. The molecule has 0 aliphatic carbocycles. The third-order valence-corrected chi connectivity index (χ3v) is 4.33. The van der Waals surface area contributed by atoms with Gasteiger partial charge in [-0.25, -0.2) is 4.79 Å². The quantitative estimate of drug-likeness (QED) is 0.638. The summed E-state index contributed by atoms with van der Waals surface area (Å²) in [6, 6.07) is 12.3. The molecule has 29 heavy (non-hydrogen) atoms. The van der Waals surface area contributed by atoms with Crippen molar-refractivity contribution < 1.29 is 33.0 Å². The van der Waals surface area contributed by atoms with Gasteiger partial charge in [0.05, 0.1) is 6.61 Å². The standard InChI is InChI=1S/C21H19NO7/c1-25-11-15-14-4-2-3-5-16(14)29-20(15)21(24)28-12-19(23)22-13-6-7-17-18(10-13)27-9-8-26-17/h2-7,10H,8-9,11-12H2,1H3,(H,22,23). The molecule has 0 spiro atoms. The van der Waals surface area contributed by atoms with E-state index in [9.17, 15) is 9.59 Å². The molecule has 0 bridgehead atoms. The molecule has 1 aromatic heterocycles. The van der Waals surface area contributed by atoms with Crippen LogP contribution in [0, 0.1) is 0 Å². The number of esters is 1. The van der Waals surface area contributed by atoms with E-state index in [-0.39, 0.29) is 12.4 Å². The molecule has 1 amide bonds.